The maximum atomic E-state index is 4.81. The van der Waals surface area contributed by atoms with Crippen LogP contribution in [0.25, 0.3) is 11.5 Å². The predicted octanol–water partition coefficient (Wildman–Crippen LogP) is 2.36. The first-order valence-corrected chi connectivity index (χ1v) is 8.56. The van der Waals surface area contributed by atoms with Gasteiger partial charge >= 0.3 is 0 Å². The zero-order chi connectivity index (χ0) is 17.2. The van der Waals surface area contributed by atoms with Crippen LogP contribution in [0.1, 0.15) is 30.3 Å². The van der Waals surface area contributed by atoms with Crippen molar-refractivity contribution in [3.05, 3.63) is 48.4 Å². The summed E-state index contributed by atoms with van der Waals surface area (Å²) in [6, 6.07) is 3.84. The van der Waals surface area contributed by atoms with E-state index in [1.165, 1.54) is 0 Å². The van der Waals surface area contributed by atoms with E-state index in [-0.39, 0.29) is 0 Å². The lowest BCUT2D eigenvalue weighted by Crippen LogP contribution is -2.34. The number of aryl methyl sites for hydroxylation is 2. The first-order chi connectivity index (χ1) is 12.2. The molecule has 0 saturated carbocycles. The molecule has 3 aromatic heterocycles. The van der Waals surface area contributed by atoms with Gasteiger partial charge in [0.25, 0.3) is 0 Å². The van der Waals surface area contributed by atoms with Crippen molar-refractivity contribution in [2.24, 2.45) is 7.05 Å². The van der Waals surface area contributed by atoms with Crippen LogP contribution in [0.3, 0.4) is 0 Å². The minimum absolute atomic E-state index is 0.360. The molecule has 0 bridgehead atoms. The average molecular weight is 335 g/mol. The largest absolute Gasteiger partial charge is 0.341 e. The summed E-state index contributed by atoms with van der Waals surface area (Å²) in [5, 5.41) is 0. The molecule has 1 aliphatic rings. The first kappa shape index (κ1) is 15.7. The second-order valence-corrected chi connectivity index (χ2v) is 6.42. The maximum absolute atomic E-state index is 4.81. The summed E-state index contributed by atoms with van der Waals surface area (Å²) >= 11 is 0. The molecule has 0 radical (unpaired) electrons. The molecule has 0 N–H and O–H groups in total. The van der Waals surface area contributed by atoms with Gasteiger partial charge in [0.15, 0.2) is 5.82 Å². The van der Waals surface area contributed by atoms with Crippen molar-refractivity contribution >= 4 is 5.95 Å². The Morgan fingerprint density at radius 3 is 2.44 bits per heavy atom. The van der Waals surface area contributed by atoms with Gasteiger partial charge in [-0.1, -0.05) is 0 Å². The fourth-order valence-electron chi connectivity index (χ4n) is 3.29. The third-order valence-corrected chi connectivity index (χ3v) is 4.62. The van der Waals surface area contributed by atoms with E-state index < -0.39 is 0 Å². The summed E-state index contributed by atoms with van der Waals surface area (Å²) in [5.74, 6) is 2.96. The van der Waals surface area contributed by atoms with E-state index >= 15 is 0 Å². The lowest BCUT2D eigenvalue weighted by molar-refractivity contribution is 0.480. The molecule has 0 aliphatic carbocycles. The Morgan fingerprint density at radius 1 is 1.00 bits per heavy atom. The maximum Gasteiger partial charge on any atom is 0.225 e. The van der Waals surface area contributed by atoms with Crippen molar-refractivity contribution < 1.29 is 0 Å². The quantitative estimate of drug-likeness (QED) is 0.731. The van der Waals surface area contributed by atoms with Crippen LogP contribution in [0.4, 0.5) is 5.95 Å². The first-order valence-electron chi connectivity index (χ1n) is 8.56. The number of rotatable bonds is 3. The summed E-state index contributed by atoms with van der Waals surface area (Å²) in [4.78, 5) is 24.8. The second kappa shape index (κ2) is 6.58. The van der Waals surface area contributed by atoms with Crippen LogP contribution in [-0.2, 0) is 7.05 Å². The summed E-state index contributed by atoms with van der Waals surface area (Å²) in [6.07, 6.45) is 9.31. The highest BCUT2D eigenvalue weighted by Gasteiger charge is 2.25. The number of hydrogen-bond acceptors (Lipinski definition) is 6. The second-order valence-electron chi connectivity index (χ2n) is 6.42. The van der Waals surface area contributed by atoms with E-state index in [2.05, 4.69) is 19.9 Å². The van der Waals surface area contributed by atoms with Crippen LogP contribution < -0.4 is 4.90 Å². The SMILES string of the molecule is Cc1cc(-c2nccn2C)nc(C2CCN(c3ncccn3)CC2)n1. The van der Waals surface area contributed by atoms with Gasteiger partial charge < -0.3 is 9.47 Å². The van der Waals surface area contributed by atoms with Crippen LogP contribution >= 0.6 is 0 Å². The standard InChI is InChI=1S/C18H21N7/c1-13-12-15(17-19-8-11-24(17)2)23-16(22-13)14-4-9-25(10-5-14)18-20-6-3-7-21-18/h3,6-8,11-12,14H,4-5,9-10H2,1-2H3. The molecule has 0 amide bonds. The molecule has 3 aromatic rings. The molecule has 4 rings (SSSR count). The molecule has 7 nitrogen and oxygen atoms in total. The van der Waals surface area contributed by atoms with E-state index in [0.29, 0.717) is 5.92 Å². The lowest BCUT2D eigenvalue weighted by atomic mass is 9.96. The third-order valence-electron chi connectivity index (χ3n) is 4.62. The van der Waals surface area contributed by atoms with Gasteiger partial charge in [0, 0.05) is 56.5 Å². The van der Waals surface area contributed by atoms with Crippen molar-refractivity contribution in [3.8, 4) is 11.5 Å². The fraction of sp³-hybridized carbons (Fsp3) is 0.389. The smallest absolute Gasteiger partial charge is 0.225 e. The third kappa shape index (κ3) is 3.22. The van der Waals surface area contributed by atoms with Crippen molar-refractivity contribution in [1.29, 1.82) is 0 Å². The van der Waals surface area contributed by atoms with Crippen molar-refractivity contribution in [3.63, 3.8) is 0 Å². The molecule has 128 valence electrons. The minimum atomic E-state index is 0.360. The molecule has 0 spiro atoms. The predicted molar refractivity (Wildman–Crippen MR) is 95.2 cm³/mol. The van der Waals surface area contributed by atoms with Crippen molar-refractivity contribution in [2.45, 2.75) is 25.7 Å². The molecule has 1 saturated heterocycles. The molecule has 0 aromatic carbocycles. The van der Waals surface area contributed by atoms with Crippen LogP contribution in [0.15, 0.2) is 36.9 Å². The Bertz CT molecular complexity index is 851. The summed E-state index contributed by atoms with van der Waals surface area (Å²) < 4.78 is 1.99. The summed E-state index contributed by atoms with van der Waals surface area (Å²) in [5.41, 5.74) is 1.88. The van der Waals surface area contributed by atoms with Gasteiger partial charge in [0.1, 0.15) is 11.5 Å². The Hall–Kier alpha value is -2.83. The summed E-state index contributed by atoms with van der Waals surface area (Å²) in [6.45, 7) is 3.86. The number of piperidine rings is 1. The normalized spacial score (nSPS) is 15.5. The molecule has 0 unspecified atom stereocenters. The molecule has 25 heavy (non-hydrogen) atoms. The monoisotopic (exact) mass is 335 g/mol. The van der Waals surface area contributed by atoms with Gasteiger partial charge in [0.05, 0.1) is 0 Å². The van der Waals surface area contributed by atoms with Crippen LogP contribution in [0, 0.1) is 6.92 Å². The number of anilines is 1. The highest BCUT2D eigenvalue weighted by Crippen LogP contribution is 2.28. The number of nitrogens with zero attached hydrogens (tertiary/aromatic N) is 7. The Morgan fingerprint density at radius 2 is 1.76 bits per heavy atom. The van der Waals surface area contributed by atoms with Gasteiger partial charge in [0.2, 0.25) is 5.95 Å². The zero-order valence-corrected chi connectivity index (χ0v) is 14.5. The molecule has 4 heterocycles. The summed E-state index contributed by atoms with van der Waals surface area (Å²) in [7, 11) is 1.98. The fourth-order valence-corrected chi connectivity index (χ4v) is 3.29. The molecule has 7 heteroatoms. The van der Waals surface area contributed by atoms with Gasteiger partial charge in [-0.3, -0.25) is 0 Å². The van der Waals surface area contributed by atoms with Gasteiger partial charge in [-0.05, 0) is 31.9 Å². The van der Waals surface area contributed by atoms with E-state index in [1.807, 2.05) is 36.9 Å². The topological polar surface area (TPSA) is 72.6 Å². The van der Waals surface area contributed by atoms with Gasteiger partial charge in [-0.25, -0.2) is 24.9 Å². The molecule has 1 fully saturated rings. The highest BCUT2D eigenvalue weighted by atomic mass is 15.2. The van der Waals surface area contributed by atoms with E-state index in [0.717, 1.165) is 54.9 Å². The Kier molecular flexibility index (Phi) is 4.13. The molecule has 0 atom stereocenters. The minimum Gasteiger partial charge on any atom is -0.341 e. The molecular formula is C18H21N7. The van der Waals surface area contributed by atoms with E-state index in [1.54, 1.807) is 18.6 Å². The number of aromatic nitrogens is 6. The van der Waals surface area contributed by atoms with Gasteiger partial charge in [-0.15, -0.1) is 0 Å². The average Bonchev–Trinajstić information content (AvgIpc) is 3.08. The van der Waals surface area contributed by atoms with E-state index in [9.17, 15) is 0 Å². The van der Waals surface area contributed by atoms with E-state index in [4.69, 9.17) is 9.97 Å². The molecule has 1 aliphatic heterocycles. The van der Waals surface area contributed by atoms with Crippen LogP contribution in [-0.4, -0.2) is 42.6 Å². The number of hydrogen-bond donors (Lipinski definition) is 0. The zero-order valence-electron chi connectivity index (χ0n) is 14.5. The van der Waals surface area contributed by atoms with Crippen LogP contribution in [0.5, 0.6) is 0 Å². The molecular weight excluding hydrogens is 314 g/mol. The lowest BCUT2D eigenvalue weighted by Gasteiger charge is -2.31. The highest BCUT2D eigenvalue weighted by molar-refractivity contribution is 5.50. The number of imidazole rings is 1. The van der Waals surface area contributed by atoms with Crippen molar-refractivity contribution in [1.82, 2.24) is 29.5 Å². The Labute approximate surface area is 146 Å². The van der Waals surface area contributed by atoms with Crippen molar-refractivity contribution in [2.75, 3.05) is 18.0 Å². The van der Waals surface area contributed by atoms with Crippen LogP contribution in [0.2, 0.25) is 0 Å². The Balaban J connectivity index is 1.53. The van der Waals surface area contributed by atoms with Gasteiger partial charge in [-0.2, -0.15) is 0 Å².